The highest BCUT2D eigenvalue weighted by Crippen LogP contribution is 2.32. The van der Waals surface area contributed by atoms with E-state index in [2.05, 4.69) is 4.98 Å². The van der Waals surface area contributed by atoms with Gasteiger partial charge >= 0.3 is 5.97 Å². The van der Waals surface area contributed by atoms with E-state index in [0.717, 1.165) is 12.3 Å². The van der Waals surface area contributed by atoms with E-state index in [1.54, 1.807) is 18.3 Å². The second-order valence-corrected chi connectivity index (χ2v) is 7.21. The lowest BCUT2D eigenvalue weighted by Crippen LogP contribution is -2.56. The zero-order chi connectivity index (χ0) is 17.7. The molecule has 1 aliphatic carbocycles. The quantitative estimate of drug-likeness (QED) is 0.603. The van der Waals surface area contributed by atoms with Gasteiger partial charge in [-0.2, -0.15) is 0 Å². The summed E-state index contributed by atoms with van der Waals surface area (Å²) in [6, 6.07) is 2.56. The normalized spacial score (nSPS) is 18.2. The van der Waals surface area contributed by atoms with Crippen molar-refractivity contribution < 1.29 is 19.7 Å². The van der Waals surface area contributed by atoms with Crippen molar-refractivity contribution in [3.05, 3.63) is 24.0 Å². The van der Waals surface area contributed by atoms with E-state index in [-0.39, 0.29) is 12.3 Å². The SMILES string of the molecule is CC(C)CC(N)[C@](O)(Cc1cc(OCCC2CC2)ccn1)C(=O)O. The molecule has 1 unspecified atom stereocenters. The molecule has 0 bridgehead atoms. The van der Waals surface area contributed by atoms with Gasteiger partial charge < -0.3 is 20.7 Å². The molecule has 0 amide bonds. The van der Waals surface area contributed by atoms with Crippen LogP contribution in [0, 0.1) is 11.8 Å². The van der Waals surface area contributed by atoms with Crippen LogP contribution in [0.3, 0.4) is 0 Å². The fourth-order valence-electron chi connectivity index (χ4n) is 2.74. The number of carbonyl (C=O) groups is 1. The summed E-state index contributed by atoms with van der Waals surface area (Å²) in [6.07, 6.45) is 5.44. The van der Waals surface area contributed by atoms with E-state index in [9.17, 15) is 15.0 Å². The molecule has 24 heavy (non-hydrogen) atoms. The first-order chi connectivity index (χ1) is 11.3. The molecule has 1 fully saturated rings. The molecule has 1 aromatic heterocycles. The summed E-state index contributed by atoms with van der Waals surface area (Å²) in [6.45, 7) is 4.52. The molecule has 4 N–H and O–H groups in total. The summed E-state index contributed by atoms with van der Waals surface area (Å²) in [7, 11) is 0. The van der Waals surface area contributed by atoms with Crippen LogP contribution in [-0.2, 0) is 11.2 Å². The van der Waals surface area contributed by atoms with Crippen molar-refractivity contribution in [2.75, 3.05) is 6.61 Å². The molecule has 1 saturated carbocycles. The van der Waals surface area contributed by atoms with Crippen molar-refractivity contribution in [2.45, 2.75) is 57.6 Å². The maximum Gasteiger partial charge on any atom is 0.337 e. The average molecular weight is 336 g/mol. The van der Waals surface area contributed by atoms with Crippen LogP contribution in [0.1, 0.15) is 45.2 Å². The topological polar surface area (TPSA) is 106 Å². The highest BCUT2D eigenvalue weighted by atomic mass is 16.5. The maximum atomic E-state index is 11.6. The maximum absolute atomic E-state index is 11.6. The lowest BCUT2D eigenvalue weighted by atomic mass is 9.84. The predicted molar refractivity (Wildman–Crippen MR) is 90.8 cm³/mol. The first kappa shape index (κ1) is 18.7. The number of ether oxygens (including phenoxy) is 1. The molecular weight excluding hydrogens is 308 g/mol. The average Bonchev–Trinajstić information content (AvgIpc) is 3.31. The summed E-state index contributed by atoms with van der Waals surface area (Å²) in [4.78, 5) is 15.8. The van der Waals surface area contributed by atoms with Crippen LogP contribution in [0.5, 0.6) is 5.75 Å². The monoisotopic (exact) mass is 336 g/mol. The minimum absolute atomic E-state index is 0.143. The van der Waals surface area contributed by atoms with Gasteiger partial charge in [-0.1, -0.05) is 26.7 Å². The number of nitrogens with zero attached hydrogens (tertiary/aromatic N) is 1. The van der Waals surface area contributed by atoms with E-state index in [4.69, 9.17) is 10.5 Å². The molecule has 2 rings (SSSR count). The van der Waals surface area contributed by atoms with Crippen LogP contribution in [-0.4, -0.2) is 39.4 Å². The molecule has 0 spiro atoms. The first-order valence-electron chi connectivity index (χ1n) is 8.60. The molecule has 1 aliphatic rings. The Morgan fingerprint density at radius 2 is 2.21 bits per heavy atom. The third-order valence-electron chi connectivity index (χ3n) is 4.44. The molecule has 0 radical (unpaired) electrons. The number of aliphatic hydroxyl groups is 1. The molecule has 134 valence electrons. The van der Waals surface area contributed by atoms with Crippen LogP contribution in [0.4, 0.5) is 0 Å². The number of hydrogen-bond acceptors (Lipinski definition) is 5. The minimum Gasteiger partial charge on any atom is -0.493 e. The Bertz CT molecular complexity index is 560. The lowest BCUT2D eigenvalue weighted by Gasteiger charge is -2.30. The van der Waals surface area contributed by atoms with Gasteiger partial charge in [0.2, 0.25) is 0 Å². The molecule has 2 atom stereocenters. The Morgan fingerprint density at radius 3 is 2.79 bits per heavy atom. The van der Waals surface area contributed by atoms with Crippen LogP contribution in [0.15, 0.2) is 18.3 Å². The largest absolute Gasteiger partial charge is 0.493 e. The van der Waals surface area contributed by atoms with Gasteiger partial charge in [-0.15, -0.1) is 0 Å². The fourth-order valence-corrected chi connectivity index (χ4v) is 2.74. The van der Waals surface area contributed by atoms with Crippen LogP contribution in [0.2, 0.25) is 0 Å². The lowest BCUT2D eigenvalue weighted by molar-refractivity contribution is -0.161. The summed E-state index contributed by atoms with van der Waals surface area (Å²) < 4.78 is 5.70. The molecule has 0 aliphatic heterocycles. The molecule has 1 heterocycles. The minimum atomic E-state index is -2.04. The van der Waals surface area contributed by atoms with Crippen molar-refractivity contribution in [3.8, 4) is 5.75 Å². The number of aliphatic carboxylic acids is 1. The van der Waals surface area contributed by atoms with Gasteiger partial charge in [-0.25, -0.2) is 4.79 Å². The number of aromatic nitrogens is 1. The van der Waals surface area contributed by atoms with Crippen molar-refractivity contribution in [1.82, 2.24) is 4.98 Å². The predicted octanol–water partition coefficient (Wildman–Crippen LogP) is 1.99. The van der Waals surface area contributed by atoms with Crippen LogP contribution >= 0.6 is 0 Å². The number of carboxylic acids is 1. The van der Waals surface area contributed by atoms with Gasteiger partial charge in [0.25, 0.3) is 0 Å². The van der Waals surface area contributed by atoms with Crippen molar-refractivity contribution >= 4 is 5.97 Å². The first-order valence-corrected chi connectivity index (χ1v) is 8.60. The zero-order valence-electron chi connectivity index (χ0n) is 14.4. The molecular formula is C18H28N2O4. The highest BCUT2D eigenvalue weighted by molar-refractivity contribution is 5.78. The van der Waals surface area contributed by atoms with E-state index in [0.29, 0.717) is 24.5 Å². The van der Waals surface area contributed by atoms with Crippen LogP contribution < -0.4 is 10.5 Å². The van der Waals surface area contributed by atoms with Gasteiger partial charge in [0.1, 0.15) is 5.75 Å². The van der Waals surface area contributed by atoms with Gasteiger partial charge in [-0.3, -0.25) is 4.98 Å². The summed E-state index contributed by atoms with van der Waals surface area (Å²) >= 11 is 0. The smallest absolute Gasteiger partial charge is 0.337 e. The van der Waals surface area contributed by atoms with Gasteiger partial charge in [-0.05, 0) is 30.7 Å². The van der Waals surface area contributed by atoms with Gasteiger partial charge in [0.05, 0.1) is 6.61 Å². The summed E-state index contributed by atoms with van der Waals surface area (Å²) in [5.74, 6) is 0.302. The van der Waals surface area contributed by atoms with E-state index < -0.39 is 17.6 Å². The van der Waals surface area contributed by atoms with E-state index in [1.807, 2.05) is 13.8 Å². The molecule has 0 aromatic carbocycles. The number of nitrogens with two attached hydrogens (primary N) is 1. The standard InChI is InChI=1S/C18H28N2O4/c1-12(2)9-16(19)18(23,17(21)22)11-14-10-15(5-7-20-14)24-8-6-13-3-4-13/h5,7,10,12-13,16,23H,3-4,6,8-9,11,19H2,1-2H3,(H,21,22)/t16?,18-/m1/s1. The molecule has 6 heteroatoms. The molecule has 0 saturated heterocycles. The van der Waals surface area contributed by atoms with E-state index in [1.165, 1.54) is 12.8 Å². The van der Waals surface area contributed by atoms with Crippen molar-refractivity contribution in [1.29, 1.82) is 0 Å². The second kappa shape index (κ2) is 7.94. The summed E-state index contributed by atoms with van der Waals surface area (Å²) in [5, 5.41) is 20.1. The third kappa shape index (κ3) is 5.18. The number of hydrogen-bond donors (Lipinski definition) is 3. The number of pyridine rings is 1. The Labute approximate surface area is 143 Å². The van der Waals surface area contributed by atoms with E-state index >= 15 is 0 Å². The number of rotatable bonds is 10. The van der Waals surface area contributed by atoms with Crippen LogP contribution in [0.25, 0.3) is 0 Å². The zero-order valence-corrected chi connectivity index (χ0v) is 14.4. The van der Waals surface area contributed by atoms with Gasteiger partial charge in [0, 0.05) is 30.4 Å². The Hall–Kier alpha value is -1.66. The Balaban J connectivity index is 2.03. The van der Waals surface area contributed by atoms with Gasteiger partial charge in [0.15, 0.2) is 5.60 Å². The summed E-state index contributed by atoms with van der Waals surface area (Å²) in [5.41, 5.74) is 4.39. The fraction of sp³-hybridized carbons (Fsp3) is 0.667. The molecule has 1 aromatic rings. The second-order valence-electron chi connectivity index (χ2n) is 7.21. The van der Waals surface area contributed by atoms with Crippen molar-refractivity contribution in [3.63, 3.8) is 0 Å². The van der Waals surface area contributed by atoms with Crippen molar-refractivity contribution in [2.24, 2.45) is 17.6 Å². The number of carboxylic acid groups (broad SMARTS) is 1. The Morgan fingerprint density at radius 1 is 1.50 bits per heavy atom. The highest BCUT2D eigenvalue weighted by Gasteiger charge is 2.43. The Kier molecular flexibility index (Phi) is 6.18. The molecule has 6 nitrogen and oxygen atoms in total. The third-order valence-corrected chi connectivity index (χ3v) is 4.44.